The van der Waals surface area contributed by atoms with Crippen molar-refractivity contribution in [1.82, 2.24) is 0 Å². The Labute approximate surface area is 84.3 Å². The zero-order valence-corrected chi connectivity index (χ0v) is 8.75. The van der Waals surface area contributed by atoms with Gasteiger partial charge in [-0.3, -0.25) is 0 Å². The van der Waals surface area contributed by atoms with Crippen molar-refractivity contribution in [1.29, 1.82) is 0 Å². The second-order valence-electron chi connectivity index (χ2n) is 2.62. The smallest absolute Gasteiger partial charge is 0.138 e. The lowest BCUT2D eigenvalue weighted by atomic mass is 10.3. The van der Waals surface area contributed by atoms with Gasteiger partial charge in [0.1, 0.15) is 16.9 Å². The molecular formula is C10H14O2S. The van der Waals surface area contributed by atoms with Crippen LogP contribution in [0.25, 0.3) is 0 Å². The van der Waals surface area contributed by atoms with Crippen LogP contribution in [0, 0.1) is 0 Å². The van der Waals surface area contributed by atoms with E-state index in [1.54, 1.807) is 0 Å². The van der Waals surface area contributed by atoms with E-state index in [2.05, 4.69) is 12.6 Å². The van der Waals surface area contributed by atoms with Gasteiger partial charge in [0.2, 0.25) is 0 Å². The van der Waals surface area contributed by atoms with Gasteiger partial charge in [-0.1, -0.05) is 0 Å². The lowest BCUT2D eigenvalue weighted by Crippen LogP contribution is -2.02. The highest BCUT2D eigenvalue weighted by molar-refractivity contribution is 7.80. The Hall–Kier alpha value is -0.830. The third kappa shape index (κ3) is 3.59. The molecule has 1 rings (SSSR count). The number of hydrogen-bond donors (Lipinski definition) is 1. The molecular weight excluding hydrogens is 184 g/mol. The van der Waals surface area contributed by atoms with Crippen LogP contribution < -0.4 is 9.47 Å². The van der Waals surface area contributed by atoms with Gasteiger partial charge in [-0.2, -0.15) is 0 Å². The first kappa shape index (κ1) is 10.3. The van der Waals surface area contributed by atoms with Gasteiger partial charge in [0.05, 0.1) is 6.61 Å². The molecule has 0 bridgehead atoms. The Morgan fingerprint density at radius 1 is 1.23 bits per heavy atom. The Kier molecular flexibility index (Phi) is 3.96. The third-order valence-electron chi connectivity index (χ3n) is 1.44. The molecule has 0 saturated heterocycles. The van der Waals surface area contributed by atoms with Gasteiger partial charge in [-0.05, 0) is 38.1 Å². The van der Waals surface area contributed by atoms with Crippen LogP contribution in [0.1, 0.15) is 13.8 Å². The molecule has 0 spiro atoms. The van der Waals surface area contributed by atoms with Crippen LogP contribution >= 0.6 is 12.6 Å². The monoisotopic (exact) mass is 198 g/mol. The molecule has 72 valence electrons. The first-order valence-corrected chi connectivity index (χ1v) is 4.81. The first-order chi connectivity index (χ1) is 6.22. The second kappa shape index (κ2) is 5.02. The number of thiol groups is 1. The Bertz CT molecular complexity index is 244. The predicted octanol–water partition coefficient (Wildman–Crippen LogP) is 2.74. The third-order valence-corrected chi connectivity index (χ3v) is 1.55. The summed E-state index contributed by atoms with van der Waals surface area (Å²) in [4.78, 5) is 0. The summed E-state index contributed by atoms with van der Waals surface area (Å²) in [7, 11) is 0. The maximum absolute atomic E-state index is 5.36. The van der Waals surface area contributed by atoms with Gasteiger partial charge >= 0.3 is 0 Å². The van der Waals surface area contributed by atoms with Gasteiger partial charge in [-0.15, -0.1) is 12.6 Å². The number of hydrogen-bond acceptors (Lipinski definition) is 3. The summed E-state index contributed by atoms with van der Waals surface area (Å²) in [6.45, 7) is 4.52. The van der Waals surface area contributed by atoms with E-state index in [0.29, 0.717) is 6.61 Å². The summed E-state index contributed by atoms with van der Waals surface area (Å²) in [5.41, 5.74) is -0.0852. The minimum Gasteiger partial charge on any atom is -0.494 e. The topological polar surface area (TPSA) is 18.5 Å². The molecule has 3 heteroatoms. The molecule has 0 amide bonds. The Balaban J connectivity index is 2.59. The van der Waals surface area contributed by atoms with Gasteiger partial charge in [0.15, 0.2) is 0 Å². The highest BCUT2D eigenvalue weighted by atomic mass is 32.1. The van der Waals surface area contributed by atoms with Crippen LogP contribution in [0.3, 0.4) is 0 Å². The predicted molar refractivity (Wildman–Crippen MR) is 56.7 cm³/mol. The quantitative estimate of drug-likeness (QED) is 0.592. The number of benzene rings is 1. The fraction of sp³-hybridized carbons (Fsp3) is 0.400. The van der Waals surface area contributed by atoms with Crippen molar-refractivity contribution in [2.45, 2.75) is 19.3 Å². The molecule has 0 N–H and O–H groups in total. The largest absolute Gasteiger partial charge is 0.494 e. The highest BCUT2D eigenvalue weighted by Gasteiger charge is 1.97. The standard InChI is InChI=1S/C10H14O2S/c1-3-11-9-4-6-10(7-5-9)12-8(2)13/h4-8,13H,3H2,1-2H3. The van der Waals surface area contributed by atoms with E-state index >= 15 is 0 Å². The van der Waals surface area contributed by atoms with Gasteiger partial charge in [-0.25, -0.2) is 0 Å². The molecule has 0 radical (unpaired) electrons. The molecule has 1 aromatic rings. The molecule has 0 aliphatic heterocycles. The fourth-order valence-electron chi connectivity index (χ4n) is 0.978. The van der Waals surface area contributed by atoms with E-state index in [1.165, 1.54) is 0 Å². The molecule has 1 aromatic carbocycles. The zero-order chi connectivity index (χ0) is 9.68. The molecule has 1 unspecified atom stereocenters. The second-order valence-corrected chi connectivity index (χ2v) is 3.35. The average molecular weight is 198 g/mol. The van der Waals surface area contributed by atoms with E-state index in [0.717, 1.165) is 11.5 Å². The van der Waals surface area contributed by atoms with Crippen LogP contribution in [-0.2, 0) is 0 Å². The molecule has 0 fully saturated rings. The van der Waals surface area contributed by atoms with Crippen LogP contribution in [-0.4, -0.2) is 12.0 Å². The molecule has 1 atom stereocenters. The molecule has 0 aliphatic carbocycles. The molecule has 0 aliphatic rings. The highest BCUT2D eigenvalue weighted by Crippen LogP contribution is 2.18. The summed E-state index contributed by atoms with van der Waals surface area (Å²) in [5, 5.41) is 0. The van der Waals surface area contributed by atoms with Crippen LogP contribution in [0.4, 0.5) is 0 Å². The lowest BCUT2D eigenvalue weighted by Gasteiger charge is -2.09. The maximum Gasteiger partial charge on any atom is 0.138 e. The van der Waals surface area contributed by atoms with E-state index in [-0.39, 0.29) is 5.44 Å². The minimum absolute atomic E-state index is 0.0852. The van der Waals surface area contributed by atoms with Crippen molar-refractivity contribution in [3.8, 4) is 11.5 Å². The van der Waals surface area contributed by atoms with E-state index in [1.807, 2.05) is 38.1 Å². The van der Waals surface area contributed by atoms with Crippen molar-refractivity contribution < 1.29 is 9.47 Å². The van der Waals surface area contributed by atoms with E-state index in [9.17, 15) is 0 Å². The molecule has 2 nitrogen and oxygen atoms in total. The summed E-state index contributed by atoms with van der Waals surface area (Å²) >= 11 is 4.12. The van der Waals surface area contributed by atoms with E-state index in [4.69, 9.17) is 9.47 Å². The molecule has 0 heterocycles. The van der Waals surface area contributed by atoms with Gasteiger partial charge in [0, 0.05) is 0 Å². The van der Waals surface area contributed by atoms with Crippen LogP contribution in [0.15, 0.2) is 24.3 Å². The van der Waals surface area contributed by atoms with Crippen molar-refractivity contribution in [3.63, 3.8) is 0 Å². The average Bonchev–Trinajstić information content (AvgIpc) is 2.08. The van der Waals surface area contributed by atoms with Crippen LogP contribution in [0.2, 0.25) is 0 Å². The molecule has 0 aromatic heterocycles. The normalized spacial score (nSPS) is 12.2. The summed E-state index contributed by atoms with van der Waals surface area (Å²) < 4.78 is 10.6. The van der Waals surface area contributed by atoms with Gasteiger partial charge in [0.25, 0.3) is 0 Å². The SMILES string of the molecule is CCOc1ccc(OC(C)S)cc1. The van der Waals surface area contributed by atoms with Crippen molar-refractivity contribution in [3.05, 3.63) is 24.3 Å². The molecule has 13 heavy (non-hydrogen) atoms. The molecule has 0 saturated carbocycles. The first-order valence-electron chi connectivity index (χ1n) is 4.30. The van der Waals surface area contributed by atoms with Crippen molar-refractivity contribution in [2.75, 3.05) is 6.61 Å². The van der Waals surface area contributed by atoms with Crippen LogP contribution in [0.5, 0.6) is 11.5 Å². The summed E-state index contributed by atoms with van der Waals surface area (Å²) in [6.07, 6.45) is 0. The summed E-state index contributed by atoms with van der Waals surface area (Å²) in [5.74, 6) is 1.67. The maximum atomic E-state index is 5.36. The van der Waals surface area contributed by atoms with E-state index < -0.39 is 0 Å². The van der Waals surface area contributed by atoms with Crippen molar-refractivity contribution in [2.24, 2.45) is 0 Å². The Morgan fingerprint density at radius 3 is 2.23 bits per heavy atom. The summed E-state index contributed by atoms with van der Waals surface area (Å²) in [6, 6.07) is 7.51. The number of ether oxygens (including phenoxy) is 2. The van der Waals surface area contributed by atoms with Gasteiger partial charge < -0.3 is 9.47 Å². The lowest BCUT2D eigenvalue weighted by molar-refractivity contribution is 0.307. The minimum atomic E-state index is -0.0852. The number of rotatable bonds is 4. The fourth-order valence-corrected chi connectivity index (χ4v) is 1.10. The Morgan fingerprint density at radius 2 is 1.77 bits per heavy atom. The zero-order valence-electron chi connectivity index (χ0n) is 7.86. The van der Waals surface area contributed by atoms with Crippen molar-refractivity contribution >= 4 is 12.6 Å².